The molecule has 84 valence electrons. The van der Waals surface area contributed by atoms with Gasteiger partial charge in [0.1, 0.15) is 0 Å². The second kappa shape index (κ2) is 4.77. The molecule has 0 aliphatic rings. The van der Waals surface area contributed by atoms with Crippen LogP contribution in [0, 0.1) is 5.41 Å². The van der Waals surface area contributed by atoms with Crippen LogP contribution in [0.15, 0.2) is 24.3 Å². The van der Waals surface area contributed by atoms with Crippen molar-refractivity contribution < 1.29 is 0 Å². The number of hydrogen-bond acceptors (Lipinski definition) is 2. The molecule has 0 spiro atoms. The van der Waals surface area contributed by atoms with Crippen LogP contribution in [0.1, 0.15) is 37.9 Å². The van der Waals surface area contributed by atoms with Gasteiger partial charge in [0.25, 0.3) is 0 Å². The molecule has 0 bridgehead atoms. The Labute approximate surface area is 92.9 Å². The van der Waals surface area contributed by atoms with E-state index in [9.17, 15) is 0 Å². The first-order valence-electron chi connectivity index (χ1n) is 5.45. The van der Waals surface area contributed by atoms with Gasteiger partial charge in [-0.05, 0) is 23.6 Å². The van der Waals surface area contributed by atoms with E-state index in [1.54, 1.807) is 0 Å². The summed E-state index contributed by atoms with van der Waals surface area (Å²) < 4.78 is 0. The van der Waals surface area contributed by atoms with Crippen molar-refractivity contribution in [1.29, 1.82) is 0 Å². The van der Waals surface area contributed by atoms with Crippen molar-refractivity contribution in [2.45, 2.75) is 33.4 Å². The molecule has 2 nitrogen and oxygen atoms in total. The van der Waals surface area contributed by atoms with Crippen LogP contribution >= 0.6 is 0 Å². The maximum atomic E-state index is 5.65. The highest BCUT2D eigenvalue weighted by atomic mass is 14.9. The molecule has 1 aromatic carbocycles. The molecular formula is C13H22N2. The van der Waals surface area contributed by atoms with Gasteiger partial charge in [0.05, 0.1) is 0 Å². The third kappa shape index (κ3) is 3.05. The third-order valence-corrected chi connectivity index (χ3v) is 2.67. The zero-order valence-corrected chi connectivity index (χ0v) is 10.2. The molecule has 0 aliphatic heterocycles. The quantitative estimate of drug-likeness (QED) is 0.797. The molecule has 15 heavy (non-hydrogen) atoms. The van der Waals surface area contributed by atoms with E-state index >= 15 is 0 Å². The van der Waals surface area contributed by atoms with Gasteiger partial charge < -0.3 is 11.1 Å². The summed E-state index contributed by atoms with van der Waals surface area (Å²) in [5.74, 6) is 0. The van der Waals surface area contributed by atoms with Gasteiger partial charge >= 0.3 is 0 Å². The first kappa shape index (κ1) is 12.2. The van der Waals surface area contributed by atoms with Gasteiger partial charge in [0, 0.05) is 12.6 Å². The summed E-state index contributed by atoms with van der Waals surface area (Å²) in [6, 6.07) is 8.86. The molecule has 0 amide bonds. The summed E-state index contributed by atoms with van der Waals surface area (Å²) in [5, 5.41) is 3.37. The van der Waals surface area contributed by atoms with Crippen LogP contribution < -0.4 is 11.1 Å². The number of nitrogens with two attached hydrogens (primary N) is 1. The molecule has 0 aliphatic carbocycles. The summed E-state index contributed by atoms with van der Waals surface area (Å²) in [5.41, 5.74) is 8.36. The van der Waals surface area contributed by atoms with Crippen molar-refractivity contribution >= 4 is 0 Å². The van der Waals surface area contributed by atoms with Gasteiger partial charge in [-0.3, -0.25) is 0 Å². The molecule has 0 saturated heterocycles. The van der Waals surface area contributed by atoms with Crippen LogP contribution in [0.4, 0.5) is 0 Å². The molecule has 0 heterocycles. The fourth-order valence-electron chi connectivity index (χ4n) is 2.00. The van der Waals surface area contributed by atoms with Gasteiger partial charge in [-0.25, -0.2) is 0 Å². The van der Waals surface area contributed by atoms with Gasteiger partial charge in [-0.1, -0.05) is 45.0 Å². The smallest absolute Gasteiger partial charge is 0.0366 e. The van der Waals surface area contributed by atoms with Crippen LogP contribution in [0.2, 0.25) is 0 Å². The van der Waals surface area contributed by atoms with Crippen molar-refractivity contribution in [3.05, 3.63) is 35.4 Å². The number of hydrogen-bond donors (Lipinski definition) is 2. The first-order valence-corrected chi connectivity index (χ1v) is 5.45. The normalized spacial score (nSPS) is 13.9. The molecular weight excluding hydrogens is 184 g/mol. The van der Waals surface area contributed by atoms with Crippen molar-refractivity contribution in [2.75, 3.05) is 7.05 Å². The van der Waals surface area contributed by atoms with Crippen molar-refractivity contribution in [3.63, 3.8) is 0 Å². The minimum absolute atomic E-state index is 0.210. The highest BCUT2D eigenvalue weighted by Gasteiger charge is 2.24. The molecule has 0 saturated carbocycles. The minimum atomic E-state index is 0.210. The Morgan fingerprint density at radius 1 is 1.33 bits per heavy atom. The maximum absolute atomic E-state index is 5.65. The van der Waals surface area contributed by atoms with E-state index in [0.717, 1.165) is 0 Å². The standard InChI is InChI=1S/C13H22N2/c1-13(2,3)12(15-4)11-7-5-6-10(8-11)9-14/h5-8,12,15H,9,14H2,1-4H3. The van der Waals surface area contributed by atoms with E-state index in [1.165, 1.54) is 11.1 Å². The van der Waals surface area contributed by atoms with Crippen LogP contribution in [-0.2, 0) is 6.54 Å². The average molecular weight is 206 g/mol. The second-order valence-electron chi connectivity index (χ2n) is 5.04. The highest BCUT2D eigenvalue weighted by molar-refractivity contribution is 5.27. The molecule has 0 aromatic heterocycles. The molecule has 0 radical (unpaired) electrons. The number of rotatable bonds is 3. The molecule has 1 unspecified atom stereocenters. The Bertz CT molecular complexity index is 313. The molecule has 3 N–H and O–H groups in total. The Balaban J connectivity index is 3.02. The Kier molecular flexibility index (Phi) is 3.89. The van der Waals surface area contributed by atoms with E-state index in [-0.39, 0.29) is 5.41 Å². The van der Waals surface area contributed by atoms with Gasteiger partial charge in [-0.2, -0.15) is 0 Å². The van der Waals surface area contributed by atoms with E-state index in [4.69, 9.17) is 5.73 Å². The fraction of sp³-hybridized carbons (Fsp3) is 0.538. The van der Waals surface area contributed by atoms with E-state index in [1.807, 2.05) is 7.05 Å². The van der Waals surface area contributed by atoms with E-state index < -0.39 is 0 Å². The third-order valence-electron chi connectivity index (χ3n) is 2.67. The summed E-state index contributed by atoms with van der Waals surface area (Å²) in [6.45, 7) is 7.32. The summed E-state index contributed by atoms with van der Waals surface area (Å²) >= 11 is 0. The second-order valence-corrected chi connectivity index (χ2v) is 5.04. The lowest BCUT2D eigenvalue weighted by Gasteiger charge is -2.31. The highest BCUT2D eigenvalue weighted by Crippen LogP contribution is 2.32. The lowest BCUT2D eigenvalue weighted by molar-refractivity contribution is 0.287. The predicted octanol–water partition coefficient (Wildman–Crippen LogP) is 2.45. The molecule has 1 aromatic rings. The van der Waals surface area contributed by atoms with Gasteiger partial charge in [0.15, 0.2) is 0 Å². The topological polar surface area (TPSA) is 38.0 Å². The lowest BCUT2D eigenvalue weighted by Crippen LogP contribution is -2.29. The summed E-state index contributed by atoms with van der Waals surface area (Å²) in [7, 11) is 2.00. The number of nitrogens with one attached hydrogen (secondary N) is 1. The van der Waals surface area contributed by atoms with Crippen LogP contribution in [-0.4, -0.2) is 7.05 Å². The van der Waals surface area contributed by atoms with Crippen molar-refractivity contribution in [3.8, 4) is 0 Å². The molecule has 1 atom stereocenters. The minimum Gasteiger partial charge on any atom is -0.326 e. The van der Waals surface area contributed by atoms with E-state index in [0.29, 0.717) is 12.6 Å². The largest absolute Gasteiger partial charge is 0.326 e. The Hall–Kier alpha value is -0.860. The monoisotopic (exact) mass is 206 g/mol. The Morgan fingerprint density at radius 2 is 2.00 bits per heavy atom. The van der Waals surface area contributed by atoms with Crippen molar-refractivity contribution in [2.24, 2.45) is 11.1 Å². The van der Waals surface area contributed by atoms with E-state index in [2.05, 4.69) is 50.4 Å². The summed E-state index contributed by atoms with van der Waals surface area (Å²) in [4.78, 5) is 0. The average Bonchev–Trinajstić information content (AvgIpc) is 2.17. The Morgan fingerprint density at radius 3 is 2.47 bits per heavy atom. The predicted molar refractivity (Wildman–Crippen MR) is 65.6 cm³/mol. The number of benzene rings is 1. The fourth-order valence-corrected chi connectivity index (χ4v) is 2.00. The summed E-state index contributed by atoms with van der Waals surface area (Å²) in [6.07, 6.45) is 0. The zero-order valence-electron chi connectivity index (χ0n) is 10.2. The molecule has 1 rings (SSSR count). The van der Waals surface area contributed by atoms with Gasteiger partial charge in [-0.15, -0.1) is 0 Å². The zero-order chi connectivity index (χ0) is 11.5. The maximum Gasteiger partial charge on any atom is 0.0366 e. The molecule has 0 fully saturated rings. The van der Waals surface area contributed by atoms with Crippen molar-refractivity contribution in [1.82, 2.24) is 5.32 Å². The van der Waals surface area contributed by atoms with Gasteiger partial charge in [0.2, 0.25) is 0 Å². The van der Waals surface area contributed by atoms with Crippen LogP contribution in [0.3, 0.4) is 0 Å². The SMILES string of the molecule is CNC(c1cccc(CN)c1)C(C)(C)C. The first-order chi connectivity index (χ1) is 6.99. The van der Waals surface area contributed by atoms with Crippen LogP contribution in [0.5, 0.6) is 0 Å². The lowest BCUT2D eigenvalue weighted by atomic mass is 9.82. The molecule has 2 heteroatoms. The van der Waals surface area contributed by atoms with Crippen LogP contribution in [0.25, 0.3) is 0 Å².